The molecule has 0 saturated carbocycles. The first kappa shape index (κ1) is 10.5. The summed E-state index contributed by atoms with van der Waals surface area (Å²) < 4.78 is 4.92. The van der Waals surface area contributed by atoms with Gasteiger partial charge in [-0.2, -0.15) is 0 Å². The molecule has 0 radical (unpaired) electrons. The monoisotopic (exact) mass is 185 g/mol. The quantitative estimate of drug-likeness (QED) is 0.479. The molecule has 0 aromatic carbocycles. The summed E-state index contributed by atoms with van der Waals surface area (Å²) in [6.07, 6.45) is 1.58. The van der Waals surface area contributed by atoms with E-state index in [0.717, 1.165) is 13.0 Å². The zero-order valence-electron chi connectivity index (χ0n) is 8.75. The molecule has 0 aliphatic carbocycles. The van der Waals surface area contributed by atoms with E-state index in [1.807, 2.05) is 6.92 Å². The third-order valence-corrected chi connectivity index (χ3v) is 2.56. The van der Waals surface area contributed by atoms with Crippen LogP contribution in [0.1, 0.15) is 33.6 Å². The Bertz CT molecular complexity index is 182. The molecule has 1 saturated heterocycles. The van der Waals surface area contributed by atoms with E-state index in [1.165, 1.54) is 0 Å². The molecule has 0 aromatic heterocycles. The average molecular weight is 185 g/mol. The van der Waals surface area contributed by atoms with Crippen LogP contribution < -0.4 is 0 Å². The third-order valence-electron chi connectivity index (χ3n) is 2.56. The highest BCUT2D eigenvalue weighted by Gasteiger charge is 2.35. The maximum atomic E-state index is 11.2. The highest BCUT2D eigenvalue weighted by molar-refractivity contribution is 5.70. The first-order valence-electron chi connectivity index (χ1n) is 5.10. The van der Waals surface area contributed by atoms with Gasteiger partial charge in [0.25, 0.3) is 0 Å². The second kappa shape index (κ2) is 4.61. The van der Waals surface area contributed by atoms with Crippen molar-refractivity contribution >= 4 is 5.97 Å². The van der Waals surface area contributed by atoms with Gasteiger partial charge in [-0.3, -0.25) is 9.69 Å². The number of esters is 1. The number of carbonyl (C=O) groups is 1. The number of ether oxygens (including phenoxy) is 1. The molecule has 1 rings (SSSR count). The van der Waals surface area contributed by atoms with Crippen LogP contribution in [0.3, 0.4) is 0 Å². The highest BCUT2D eigenvalue weighted by Crippen LogP contribution is 2.24. The van der Waals surface area contributed by atoms with Gasteiger partial charge in [-0.1, -0.05) is 6.92 Å². The summed E-state index contributed by atoms with van der Waals surface area (Å²) in [5.74, 6) is -0.0616. The maximum Gasteiger partial charge on any atom is 0.307 e. The van der Waals surface area contributed by atoms with Gasteiger partial charge in [-0.15, -0.1) is 0 Å². The molecule has 1 aliphatic heterocycles. The van der Waals surface area contributed by atoms with Crippen molar-refractivity contribution in [2.75, 3.05) is 13.2 Å². The van der Waals surface area contributed by atoms with Gasteiger partial charge in [0, 0.05) is 18.6 Å². The Morgan fingerprint density at radius 1 is 1.62 bits per heavy atom. The minimum absolute atomic E-state index is 0.0616. The predicted octanol–water partition coefficient (Wildman–Crippen LogP) is 1.42. The van der Waals surface area contributed by atoms with Gasteiger partial charge in [-0.25, -0.2) is 0 Å². The Balaban J connectivity index is 2.27. The molecule has 1 heterocycles. The van der Waals surface area contributed by atoms with Gasteiger partial charge >= 0.3 is 5.97 Å². The minimum atomic E-state index is -0.0616. The summed E-state index contributed by atoms with van der Waals surface area (Å²) in [5, 5.41) is 0. The summed E-state index contributed by atoms with van der Waals surface area (Å²) in [7, 11) is 0. The number of carbonyl (C=O) groups excluding carboxylic acids is 1. The normalized spacial score (nSPS) is 28.2. The average Bonchev–Trinajstić information content (AvgIpc) is 2.79. The molecule has 76 valence electrons. The minimum Gasteiger partial charge on any atom is -0.466 e. The Kier molecular flexibility index (Phi) is 3.72. The molecular weight excluding hydrogens is 166 g/mol. The first-order chi connectivity index (χ1) is 6.19. The third kappa shape index (κ3) is 2.99. The van der Waals surface area contributed by atoms with E-state index in [1.54, 1.807) is 0 Å². The molecule has 0 spiro atoms. The lowest BCUT2D eigenvalue weighted by Crippen LogP contribution is -2.24. The molecule has 3 nitrogen and oxygen atoms in total. The molecule has 0 amide bonds. The molecule has 0 aromatic rings. The van der Waals surface area contributed by atoms with Crippen molar-refractivity contribution in [3.05, 3.63) is 0 Å². The second-order valence-electron chi connectivity index (χ2n) is 3.62. The lowest BCUT2D eigenvalue weighted by molar-refractivity contribution is -0.144. The van der Waals surface area contributed by atoms with Crippen LogP contribution in [0.25, 0.3) is 0 Å². The summed E-state index contributed by atoms with van der Waals surface area (Å²) in [4.78, 5) is 13.5. The Labute approximate surface area is 80.1 Å². The summed E-state index contributed by atoms with van der Waals surface area (Å²) in [5.41, 5.74) is 0. The summed E-state index contributed by atoms with van der Waals surface area (Å²) in [6, 6.07) is 1.06. The largest absolute Gasteiger partial charge is 0.466 e. The van der Waals surface area contributed by atoms with Crippen molar-refractivity contribution in [1.29, 1.82) is 0 Å². The standard InChI is InChI=1S/C10H19NO2/c1-4-9(11-7-8(11)3)6-10(12)13-5-2/h8-9H,4-7H2,1-3H3. The SMILES string of the molecule is CCOC(=O)CC(CC)N1CC1C. The first-order valence-corrected chi connectivity index (χ1v) is 5.10. The van der Waals surface area contributed by atoms with Crippen molar-refractivity contribution in [2.45, 2.75) is 45.7 Å². The van der Waals surface area contributed by atoms with Gasteiger partial charge in [0.05, 0.1) is 13.0 Å². The van der Waals surface area contributed by atoms with Gasteiger partial charge in [-0.05, 0) is 20.3 Å². The molecule has 1 aliphatic rings. The molecule has 0 N–H and O–H groups in total. The van der Waals surface area contributed by atoms with Crippen molar-refractivity contribution in [2.24, 2.45) is 0 Å². The molecule has 3 heteroatoms. The van der Waals surface area contributed by atoms with Gasteiger partial charge in [0.15, 0.2) is 0 Å². The van der Waals surface area contributed by atoms with E-state index in [4.69, 9.17) is 4.74 Å². The van der Waals surface area contributed by atoms with Crippen LogP contribution in [0.2, 0.25) is 0 Å². The smallest absolute Gasteiger partial charge is 0.307 e. The van der Waals surface area contributed by atoms with Crippen molar-refractivity contribution in [1.82, 2.24) is 4.90 Å². The zero-order chi connectivity index (χ0) is 9.84. The van der Waals surface area contributed by atoms with Crippen molar-refractivity contribution < 1.29 is 9.53 Å². The molecule has 13 heavy (non-hydrogen) atoms. The number of nitrogens with zero attached hydrogens (tertiary/aromatic N) is 1. The van der Waals surface area contributed by atoms with Crippen LogP contribution in [0, 0.1) is 0 Å². The molecule has 3 unspecified atom stereocenters. The molecule has 1 fully saturated rings. The van der Waals surface area contributed by atoms with Crippen LogP contribution in [0.15, 0.2) is 0 Å². The fraction of sp³-hybridized carbons (Fsp3) is 0.900. The van der Waals surface area contributed by atoms with Crippen LogP contribution in [-0.4, -0.2) is 36.1 Å². The van der Waals surface area contributed by atoms with Gasteiger partial charge < -0.3 is 4.74 Å². The van der Waals surface area contributed by atoms with E-state index < -0.39 is 0 Å². The second-order valence-corrected chi connectivity index (χ2v) is 3.62. The fourth-order valence-electron chi connectivity index (χ4n) is 1.68. The molecular formula is C10H19NO2. The van der Waals surface area contributed by atoms with E-state index in [-0.39, 0.29) is 5.97 Å². The number of hydrogen-bond acceptors (Lipinski definition) is 3. The van der Waals surface area contributed by atoms with E-state index in [2.05, 4.69) is 18.7 Å². The summed E-state index contributed by atoms with van der Waals surface area (Å²) in [6.45, 7) is 7.78. The van der Waals surface area contributed by atoms with Gasteiger partial charge in [0.1, 0.15) is 0 Å². The molecule has 3 atom stereocenters. The highest BCUT2D eigenvalue weighted by atomic mass is 16.5. The Hall–Kier alpha value is -0.570. The molecule has 0 bridgehead atoms. The maximum absolute atomic E-state index is 11.2. The van der Waals surface area contributed by atoms with Crippen LogP contribution in [0.5, 0.6) is 0 Å². The fourth-order valence-corrected chi connectivity index (χ4v) is 1.68. The lowest BCUT2D eigenvalue weighted by atomic mass is 10.1. The Morgan fingerprint density at radius 2 is 2.23 bits per heavy atom. The lowest BCUT2D eigenvalue weighted by Gasteiger charge is -2.15. The Morgan fingerprint density at radius 3 is 2.62 bits per heavy atom. The van der Waals surface area contributed by atoms with E-state index in [0.29, 0.717) is 25.1 Å². The van der Waals surface area contributed by atoms with Gasteiger partial charge in [0.2, 0.25) is 0 Å². The van der Waals surface area contributed by atoms with Crippen molar-refractivity contribution in [3.8, 4) is 0 Å². The van der Waals surface area contributed by atoms with Crippen LogP contribution >= 0.6 is 0 Å². The number of rotatable bonds is 5. The zero-order valence-corrected chi connectivity index (χ0v) is 8.75. The van der Waals surface area contributed by atoms with Crippen LogP contribution in [0.4, 0.5) is 0 Å². The topological polar surface area (TPSA) is 29.3 Å². The predicted molar refractivity (Wildman–Crippen MR) is 51.5 cm³/mol. The van der Waals surface area contributed by atoms with Crippen LogP contribution in [-0.2, 0) is 9.53 Å². The number of hydrogen-bond donors (Lipinski definition) is 0. The van der Waals surface area contributed by atoms with E-state index >= 15 is 0 Å². The van der Waals surface area contributed by atoms with E-state index in [9.17, 15) is 4.79 Å². The van der Waals surface area contributed by atoms with Crippen molar-refractivity contribution in [3.63, 3.8) is 0 Å². The summed E-state index contributed by atoms with van der Waals surface area (Å²) >= 11 is 0.